The Morgan fingerprint density at radius 2 is 2.21 bits per heavy atom. The van der Waals surface area contributed by atoms with Crippen molar-refractivity contribution in [1.29, 1.82) is 0 Å². The van der Waals surface area contributed by atoms with Gasteiger partial charge in [-0.25, -0.2) is 0 Å². The quantitative estimate of drug-likeness (QED) is 0.813. The lowest BCUT2D eigenvalue weighted by atomic mass is 10.1. The maximum atomic E-state index is 11.5. The van der Waals surface area contributed by atoms with Crippen LogP contribution in [0.25, 0.3) is 0 Å². The molecule has 4 heteroatoms. The molecule has 76 valence electrons. The lowest BCUT2D eigenvalue weighted by Gasteiger charge is -2.07. The highest BCUT2D eigenvalue weighted by atomic mass is 79.9. The van der Waals surface area contributed by atoms with Crippen molar-refractivity contribution in [2.24, 2.45) is 0 Å². The van der Waals surface area contributed by atoms with Crippen molar-refractivity contribution in [3.63, 3.8) is 0 Å². The molecule has 0 bridgehead atoms. The molecule has 3 nitrogen and oxygen atoms in total. The van der Waals surface area contributed by atoms with Crippen molar-refractivity contribution >= 4 is 21.7 Å². The van der Waals surface area contributed by atoms with Crippen molar-refractivity contribution in [2.45, 2.75) is 6.92 Å². The zero-order valence-corrected chi connectivity index (χ0v) is 9.68. The van der Waals surface area contributed by atoms with Crippen LogP contribution in [-0.4, -0.2) is 24.5 Å². The summed E-state index contributed by atoms with van der Waals surface area (Å²) in [6, 6.07) is 3.43. The molecule has 1 aromatic rings. The molecule has 0 atom stereocenters. The number of phenols is 1. The number of hydrogen-bond acceptors (Lipinski definition) is 3. The monoisotopic (exact) mass is 257 g/mol. The summed E-state index contributed by atoms with van der Waals surface area (Å²) in [7, 11) is 1.71. The fourth-order valence-electron chi connectivity index (χ4n) is 1.13. The lowest BCUT2D eigenvalue weighted by Crippen LogP contribution is -2.18. The smallest absolute Gasteiger partial charge is 0.177 e. The summed E-state index contributed by atoms with van der Waals surface area (Å²) in [6.45, 7) is 2.05. The number of aryl methyl sites for hydroxylation is 1. The average Bonchev–Trinajstić information content (AvgIpc) is 2.15. The van der Waals surface area contributed by atoms with Gasteiger partial charge in [0, 0.05) is 5.56 Å². The minimum Gasteiger partial charge on any atom is -0.506 e. The summed E-state index contributed by atoms with van der Waals surface area (Å²) >= 11 is 3.20. The minimum absolute atomic E-state index is 0.0466. The van der Waals surface area contributed by atoms with Crippen LogP contribution in [-0.2, 0) is 0 Å². The standard InChI is InChI=1S/C10H12BrNO2/c1-6-3-4-7(8(13)5-12-2)9(11)10(6)14/h3-4,12,14H,5H2,1-2H3. The largest absolute Gasteiger partial charge is 0.506 e. The Morgan fingerprint density at radius 3 is 2.79 bits per heavy atom. The molecule has 0 aliphatic rings. The number of likely N-dealkylation sites (N-methyl/N-ethyl adjacent to an activating group) is 1. The molecule has 0 unspecified atom stereocenters. The normalized spacial score (nSPS) is 10.2. The molecule has 14 heavy (non-hydrogen) atoms. The Labute approximate surface area is 91.3 Å². The van der Waals surface area contributed by atoms with E-state index in [0.717, 1.165) is 5.56 Å². The van der Waals surface area contributed by atoms with Crippen LogP contribution in [0.2, 0.25) is 0 Å². The van der Waals surface area contributed by atoms with Crippen molar-refractivity contribution in [1.82, 2.24) is 5.32 Å². The molecule has 1 aromatic carbocycles. The fraction of sp³-hybridized carbons (Fsp3) is 0.300. The van der Waals surface area contributed by atoms with Crippen molar-refractivity contribution in [3.05, 3.63) is 27.7 Å². The molecule has 0 aromatic heterocycles. The molecule has 0 aliphatic heterocycles. The SMILES string of the molecule is CNCC(=O)c1ccc(C)c(O)c1Br. The van der Waals surface area contributed by atoms with Crippen LogP contribution in [0.1, 0.15) is 15.9 Å². The van der Waals surface area contributed by atoms with Gasteiger partial charge in [0.05, 0.1) is 11.0 Å². The molecule has 1 rings (SSSR count). The molecule has 0 saturated heterocycles. The van der Waals surface area contributed by atoms with Crippen LogP contribution in [0.5, 0.6) is 5.75 Å². The van der Waals surface area contributed by atoms with E-state index in [2.05, 4.69) is 21.2 Å². The van der Waals surface area contributed by atoms with E-state index in [1.54, 1.807) is 26.1 Å². The maximum Gasteiger partial charge on any atom is 0.177 e. The van der Waals surface area contributed by atoms with Crippen LogP contribution >= 0.6 is 15.9 Å². The van der Waals surface area contributed by atoms with E-state index in [0.29, 0.717) is 10.0 Å². The highest BCUT2D eigenvalue weighted by molar-refractivity contribution is 9.10. The molecular weight excluding hydrogens is 246 g/mol. The summed E-state index contributed by atoms with van der Waals surface area (Å²) < 4.78 is 0.470. The van der Waals surface area contributed by atoms with Gasteiger partial charge in [0.25, 0.3) is 0 Å². The van der Waals surface area contributed by atoms with Crippen LogP contribution in [0.4, 0.5) is 0 Å². The van der Waals surface area contributed by atoms with Gasteiger partial charge in [-0.3, -0.25) is 4.79 Å². The molecule has 0 heterocycles. The van der Waals surface area contributed by atoms with Gasteiger partial charge in [-0.1, -0.05) is 6.07 Å². The van der Waals surface area contributed by atoms with E-state index in [-0.39, 0.29) is 18.1 Å². The number of benzene rings is 1. The molecular formula is C10H12BrNO2. The Balaban J connectivity index is 3.11. The van der Waals surface area contributed by atoms with E-state index >= 15 is 0 Å². The summed E-state index contributed by atoms with van der Waals surface area (Å²) in [6.07, 6.45) is 0. The van der Waals surface area contributed by atoms with Crippen LogP contribution in [0, 0.1) is 6.92 Å². The number of nitrogens with one attached hydrogen (secondary N) is 1. The van der Waals surface area contributed by atoms with Crippen molar-refractivity contribution < 1.29 is 9.90 Å². The third kappa shape index (κ3) is 2.13. The van der Waals surface area contributed by atoms with Gasteiger partial charge in [-0.2, -0.15) is 0 Å². The molecule has 0 radical (unpaired) electrons. The van der Waals surface area contributed by atoms with Crippen LogP contribution < -0.4 is 5.32 Å². The molecule has 0 saturated carbocycles. The highest BCUT2D eigenvalue weighted by Gasteiger charge is 2.13. The van der Waals surface area contributed by atoms with Gasteiger partial charge in [0.1, 0.15) is 5.75 Å². The number of aromatic hydroxyl groups is 1. The first-order valence-corrected chi connectivity index (χ1v) is 5.03. The first kappa shape index (κ1) is 11.2. The third-order valence-corrected chi connectivity index (χ3v) is 2.76. The van der Waals surface area contributed by atoms with Gasteiger partial charge in [0.15, 0.2) is 5.78 Å². The predicted octanol–water partition coefficient (Wildman–Crippen LogP) is 1.87. The van der Waals surface area contributed by atoms with Crippen molar-refractivity contribution in [2.75, 3.05) is 13.6 Å². The first-order valence-electron chi connectivity index (χ1n) is 4.23. The van der Waals surface area contributed by atoms with Gasteiger partial charge in [-0.05, 0) is 41.5 Å². The lowest BCUT2D eigenvalue weighted by molar-refractivity contribution is 0.0992. The van der Waals surface area contributed by atoms with Gasteiger partial charge in [-0.15, -0.1) is 0 Å². The number of hydrogen-bond donors (Lipinski definition) is 2. The highest BCUT2D eigenvalue weighted by Crippen LogP contribution is 2.30. The molecule has 0 aliphatic carbocycles. The Kier molecular flexibility index (Phi) is 3.66. The summed E-state index contributed by atoms with van der Waals surface area (Å²) in [5, 5.41) is 12.4. The van der Waals surface area contributed by atoms with Gasteiger partial charge < -0.3 is 10.4 Å². The Hall–Kier alpha value is -0.870. The summed E-state index contributed by atoms with van der Waals surface area (Å²) in [5.41, 5.74) is 1.25. The number of Topliss-reactive ketones (excluding diaryl/α,β-unsaturated/α-hetero) is 1. The number of ketones is 1. The van der Waals surface area contributed by atoms with Crippen LogP contribution in [0.15, 0.2) is 16.6 Å². The topological polar surface area (TPSA) is 49.3 Å². The molecule has 0 fully saturated rings. The average molecular weight is 258 g/mol. The molecule has 0 spiro atoms. The Bertz CT molecular complexity index is 363. The third-order valence-electron chi connectivity index (χ3n) is 1.96. The number of carbonyl (C=O) groups is 1. The summed E-state index contributed by atoms with van der Waals surface area (Å²) in [5.74, 6) is 0.0848. The van der Waals surface area contributed by atoms with Crippen LogP contribution in [0.3, 0.4) is 0 Å². The zero-order chi connectivity index (χ0) is 10.7. The fourth-order valence-corrected chi connectivity index (χ4v) is 1.80. The van der Waals surface area contributed by atoms with E-state index in [1.165, 1.54) is 0 Å². The first-order chi connectivity index (χ1) is 6.57. The number of carbonyl (C=O) groups excluding carboxylic acids is 1. The summed E-state index contributed by atoms with van der Waals surface area (Å²) in [4.78, 5) is 11.5. The Morgan fingerprint density at radius 1 is 1.57 bits per heavy atom. The number of halogens is 1. The van der Waals surface area contributed by atoms with Gasteiger partial charge >= 0.3 is 0 Å². The van der Waals surface area contributed by atoms with E-state index in [9.17, 15) is 9.90 Å². The molecule has 0 amide bonds. The predicted molar refractivity (Wildman–Crippen MR) is 58.8 cm³/mol. The van der Waals surface area contributed by atoms with E-state index in [4.69, 9.17) is 0 Å². The second-order valence-electron chi connectivity index (χ2n) is 3.05. The molecule has 2 N–H and O–H groups in total. The van der Waals surface area contributed by atoms with Gasteiger partial charge in [0.2, 0.25) is 0 Å². The minimum atomic E-state index is -0.0466. The van der Waals surface area contributed by atoms with E-state index < -0.39 is 0 Å². The van der Waals surface area contributed by atoms with Crippen molar-refractivity contribution in [3.8, 4) is 5.75 Å². The second kappa shape index (κ2) is 4.57. The number of phenolic OH excluding ortho intramolecular Hbond substituents is 1. The number of rotatable bonds is 3. The second-order valence-corrected chi connectivity index (χ2v) is 3.84. The zero-order valence-electron chi connectivity index (χ0n) is 8.10. The van der Waals surface area contributed by atoms with E-state index in [1.807, 2.05) is 0 Å². The maximum absolute atomic E-state index is 11.5.